The zero-order chi connectivity index (χ0) is 17.2. The number of thioether (sulfide) groups is 2. The summed E-state index contributed by atoms with van der Waals surface area (Å²) in [5.41, 5.74) is 0. The average Bonchev–Trinajstić information content (AvgIpc) is 2.54. The molecule has 0 atom stereocenters. The molecule has 0 amide bonds. The van der Waals surface area contributed by atoms with Gasteiger partial charge in [-0.2, -0.15) is 0 Å². The first-order valence-electron chi connectivity index (χ1n) is 8.10. The molecule has 0 N–H and O–H groups in total. The highest BCUT2D eigenvalue weighted by molar-refractivity contribution is 8.02. The zero-order valence-electron chi connectivity index (χ0n) is 14.1. The fourth-order valence-corrected chi connectivity index (χ4v) is 2.90. The van der Waals surface area contributed by atoms with E-state index in [0.717, 1.165) is 37.2 Å². The Morgan fingerprint density at radius 1 is 0.783 bits per heavy atom. The fourth-order valence-electron chi connectivity index (χ4n) is 1.30. The number of hydrogen-bond acceptors (Lipinski definition) is 6. The van der Waals surface area contributed by atoms with Crippen LogP contribution < -0.4 is 0 Å². The largest absolute Gasteiger partial charge is 0.462 e. The first kappa shape index (κ1) is 22.1. The van der Waals surface area contributed by atoms with E-state index in [1.54, 1.807) is 34.3 Å². The maximum Gasteiger partial charge on any atom is 0.331 e. The molecule has 0 aromatic heterocycles. The number of hydrogen-bond donors (Lipinski definition) is 0. The standard InChI is InChI=1S/C17H28O4S2/c1-3-5-12-22-14-8-16(18)20-10-7-11-21-17(19)9-15-23-13-6-4-2/h8-9,14-15H,3-7,10-13H2,1-2H3/b14-8+,15-9+. The Bertz CT molecular complexity index is 334. The van der Waals surface area contributed by atoms with E-state index >= 15 is 0 Å². The van der Waals surface area contributed by atoms with Gasteiger partial charge in [0.05, 0.1) is 13.2 Å². The fraction of sp³-hybridized carbons (Fsp3) is 0.647. The van der Waals surface area contributed by atoms with Crippen molar-refractivity contribution in [2.45, 2.75) is 46.0 Å². The minimum absolute atomic E-state index is 0.255. The molecule has 0 aliphatic carbocycles. The van der Waals surface area contributed by atoms with Crippen LogP contribution in [0.25, 0.3) is 0 Å². The van der Waals surface area contributed by atoms with Crippen molar-refractivity contribution in [3.63, 3.8) is 0 Å². The van der Waals surface area contributed by atoms with Crippen LogP contribution in [-0.2, 0) is 19.1 Å². The third-order valence-electron chi connectivity index (χ3n) is 2.61. The van der Waals surface area contributed by atoms with E-state index in [-0.39, 0.29) is 25.2 Å². The zero-order valence-corrected chi connectivity index (χ0v) is 15.8. The maximum atomic E-state index is 11.4. The summed E-state index contributed by atoms with van der Waals surface area (Å²) >= 11 is 3.21. The highest BCUT2D eigenvalue weighted by atomic mass is 32.2. The van der Waals surface area contributed by atoms with Crippen LogP contribution in [0.1, 0.15) is 46.0 Å². The van der Waals surface area contributed by atoms with Crippen molar-refractivity contribution in [1.82, 2.24) is 0 Å². The lowest BCUT2D eigenvalue weighted by Gasteiger charge is -2.03. The Morgan fingerprint density at radius 3 is 1.61 bits per heavy atom. The molecule has 0 spiro atoms. The molecule has 0 aliphatic heterocycles. The molecule has 0 heterocycles. The van der Waals surface area contributed by atoms with Gasteiger partial charge in [-0.1, -0.05) is 26.7 Å². The van der Waals surface area contributed by atoms with Gasteiger partial charge in [-0.25, -0.2) is 9.59 Å². The second-order valence-corrected chi connectivity index (χ2v) is 6.77. The van der Waals surface area contributed by atoms with E-state index in [1.807, 2.05) is 0 Å². The minimum Gasteiger partial charge on any atom is -0.462 e. The van der Waals surface area contributed by atoms with Gasteiger partial charge in [-0.15, -0.1) is 23.5 Å². The number of ether oxygens (including phenoxy) is 2. The molecule has 0 aliphatic rings. The van der Waals surface area contributed by atoms with Crippen molar-refractivity contribution in [2.75, 3.05) is 24.7 Å². The first-order valence-corrected chi connectivity index (χ1v) is 10.2. The van der Waals surface area contributed by atoms with Gasteiger partial charge in [-0.3, -0.25) is 0 Å². The predicted octanol–water partition coefficient (Wildman–Crippen LogP) is 4.56. The Morgan fingerprint density at radius 2 is 1.22 bits per heavy atom. The molecular formula is C17H28O4S2. The Labute approximate surface area is 148 Å². The lowest BCUT2D eigenvalue weighted by atomic mass is 10.4. The van der Waals surface area contributed by atoms with Gasteiger partial charge in [0, 0.05) is 18.6 Å². The summed E-state index contributed by atoms with van der Waals surface area (Å²) in [4.78, 5) is 22.7. The summed E-state index contributed by atoms with van der Waals surface area (Å²) in [5, 5.41) is 3.53. The highest BCUT2D eigenvalue weighted by Gasteiger charge is 1.99. The predicted molar refractivity (Wildman–Crippen MR) is 99.5 cm³/mol. The molecule has 23 heavy (non-hydrogen) atoms. The highest BCUT2D eigenvalue weighted by Crippen LogP contribution is 2.06. The Balaban J connectivity index is 3.49. The monoisotopic (exact) mass is 360 g/mol. The lowest BCUT2D eigenvalue weighted by Crippen LogP contribution is -2.07. The third-order valence-corrected chi connectivity index (χ3v) is 4.32. The molecule has 0 fully saturated rings. The normalized spacial score (nSPS) is 11.2. The molecule has 0 saturated heterocycles. The van der Waals surface area contributed by atoms with Gasteiger partial charge in [0.25, 0.3) is 0 Å². The maximum absolute atomic E-state index is 11.4. The molecular weight excluding hydrogens is 332 g/mol. The summed E-state index contributed by atoms with van der Waals surface area (Å²) in [5.74, 6) is 1.32. The van der Waals surface area contributed by atoms with Crippen molar-refractivity contribution in [2.24, 2.45) is 0 Å². The summed E-state index contributed by atoms with van der Waals surface area (Å²) < 4.78 is 10.0. The van der Waals surface area contributed by atoms with E-state index in [9.17, 15) is 9.59 Å². The molecule has 4 nitrogen and oxygen atoms in total. The quantitative estimate of drug-likeness (QED) is 0.257. The van der Waals surface area contributed by atoms with Crippen LogP contribution in [-0.4, -0.2) is 36.7 Å². The number of esters is 2. The van der Waals surface area contributed by atoms with Crippen LogP contribution in [0, 0.1) is 0 Å². The molecule has 0 unspecified atom stereocenters. The van der Waals surface area contributed by atoms with Crippen LogP contribution >= 0.6 is 23.5 Å². The van der Waals surface area contributed by atoms with Gasteiger partial charge in [0.15, 0.2) is 0 Å². The second kappa shape index (κ2) is 17.5. The van der Waals surface area contributed by atoms with Crippen molar-refractivity contribution < 1.29 is 19.1 Å². The van der Waals surface area contributed by atoms with Crippen molar-refractivity contribution in [1.29, 1.82) is 0 Å². The van der Waals surface area contributed by atoms with Gasteiger partial charge >= 0.3 is 11.9 Å². The van der Waals surface area contributed by atoms with Crippen molar-refractivity contribution in [3.8, 4) is 0 Å². The van der Waals surface area contributed by atoms with E-state index < -0.39 is 0 Å². The van der Waals surface area contributed by atoms with E-state index in [1.165, 1.54) is 12.2 Å². The van der Waals surface area contributed by atoms with Crippen LogP contribution in [0.5, 0.6) is 0 Å². The molecule has 132 valence electrons. The number of unbranched alkanes of at least 4 members (excludes halogenated alkanes) is 2. The lowest BCUT2D eigenvalue weighted by molar-refractivity contribution is -0.140. The summed E-state index contributed by atoms with van der Waals surface area (Å²) in [6.07, 6.45) is 7.95. The molecule has 0 saturated carbocycles. The topological polar surface area (TPSA) is 52.6 Å². The molecule has 6 heteroatoms. The van der Waals surface area contributed by atoms with Crippen molar-refractivity contribution in [3.05, 3.63) is 23.0 Å². The third kappa shape index (κ3) is 17.3. The Hall–Kier alpha value is -0.880. The molecule has 0 rings (SSSR count). The van der Waals surface area contributed by atoms with Crippen molar-refractivity contribution >= 4 is 35.5 Å². The minimum atomic E-state index is -0.354. The first-order chi connectivity index (χ1) is 11.2. The number of carbonyl (C=O) groups excluding carboxylic acids is 2. The summed E-state index contributed by atoms with van der Waals surface area (Å²) in [7, 11) is 0. The van der Waals surface area contributed by atoms with Gasteiger partial charge in [-0.05, 0) is 35.2 Å². The SMILES string of the molecule is CCCCS/C=C/C(=O)OCCCOC(=O)/C=C/SCCCC. The van der Waals surface area contributed by atoms with Crippen LogP contribution in [0.2, 0.25) is 0 Å². The van der Waals surface area contributed by atoms with E-state index in [4.69, 9.17) is 9.47 Å². The molecule has 0 radical (unpaired) electrons. The van der Waals surface area contributed by atoms with E-state index in [0.29, 0.717) is 6.42 Å². The Kier molecular flexibility index (Phi) is 16.8. The van der Waals surface area contributed by atoms with Gasteiger partial charge in [0.1, 0.15) is 0 Å². The number of rotatable bonds is 14. The summed E-state index contributed by atoms with van der Waals surface area (Å²) in [6.45, 7) is 4.77. The number of carbonyl (C=O) groups is 2. The molecule has 0 aromatic rings. The smallest absolute Gasteiger partial charge is 0.331 e. The second-order valence-electron chi connectivity index (χ2n) is 4.74. The molecule has 0 bridgehead atoms. The average molecular weight is 361 g/mol. The van der Waals surface area contributed by atoms with E-state index in [2.05, 4.69) is 13.8 Å². The van der Waals surface area contributed by atoms with Gasteiger partial charge in [0.2, 0.25) is 0 Å². The van der Waals surface area contributed by atoms with Crippen LogP contribution in [0.15, 0.2) is 23.0 Å². The van der Waals surface area contributed by atoms with Crippen LogP contribution in [0.4, 0.5) is 0 Å². The van der Waals surface area contributed by atoms with Crippen LogP contribution in [0.3, 0.4) is 0 Å². The summed E-state index contributed by atoms with van der Waals surface area (Å²) in [6, 6.07) is 0. The van der Waals surface area contributed by atoms with Gasteiger partial charge < -0.3 is 9.47 Å². The molecule has 0 aromatic carbocycles.